The Morgan fingerprint density at radius 2 is 1.82 bits per heavy atom. The Bertz CT molecular complexity index is 493. The second kappa shape index (κ2) is 7.28. The molecule has 3 nitrogen and oxygen atoms in total. The average molecular weight is 333 g/mol. The molecule has 0 aliphatic rings. The van der Waals surface area contributed by atoms with Crippen LogP contribution >= 0.6 is 0 Å². The van der Waals surface area contributed by atoms with Gasteiger partial charge in [-0.1, -0.05) is 32.0 Å². The third-order valence-electron chi connectivity index (χ3n) is 3.88. The van der Waals surface area contributed by atoms with Gasteiger partial charge in [0.25, 0.3) is 0 Å². The Balaban J connectivity index is 3.10. The maximum Gasteiger partial charge on any atom is 0.397 e. The van der Waals surface area contributed by atoms with Crippen LogP contribution in [-0.4, -0.2) is 33.7 Å². The SMILES string of the molecule is CO[Si](C)(CN(C(=O)CC(F)(F)F)c1ccccc1)C(C)C. The Kier molecular flexibility index (Phi) is 6.19. The van der Waals surface area contributed by atoms with Gasteiger partial charge in [-0.3, -0.25) is 4.79 Å². The fourth-order valence-corrected chi connectivity index (χ4v) is 3.95. The van der Waals surface area contributed by atoms with E-state index < -0.39 is 26.8 Å². The van der Waals surface area contributed by atoms with Crippen molar-refractivity contribution in [3.8, 4) is 0 Å². The summed E-state index contributed by atoms with van der Waals surface area (Å²) in [7, 11) is -0.788. The van der Waals surface area contributed by atoms with Gasteiger partial charge in [-0.2, -0.15) is 13.2 Å². The molecule has 0 saturated heterocycles. The molecule has 1 amide bonds. The van der Waals surface area contributed by atoms with Crippen molar-refractivity contribution in [1.29, 1.82) is 0 Å². The summed E-state index contributed by atoms with van der Waals surface area (Å²) < 4.78 is 43.4. The number of hydrogen-bond donors (Lipinski definition) is 0. The van der Waals surface area contributed by atoms with Gasteiger partial charge in [0.2, 0.25) is 14.2 Å². The number of hydrogen-bond acceptors (Lipinski definition) is 2. The van der Waals surface area contributed by atoms with Crippen molar-refractivity contribution < 1.29 is 22.4 Å². The number of amides is 1. The van der Waals surface area contributed by atoms with Crippen LogP contribution in [0.2, 0.25) is 12.1 Å². The van der Waals surface area contributed by atoms with Crippen molar-refractivity contribution in [3.05, 3.63) is 30.3 Å². The second-order valence-electron chi connectivity index (χ2n) is 5.78. The molecule has 0 spiro atoms. The summed E-state index contributed by atoms with van der Waals surface area (Å²) in [6.45, 7) is 5.86. The molecule has 124 valence electrons. The number of carbonyl (C=O) groups excluding carboxylic acids is 1. The Morgan fingerprint density at radius 3 is 2.23 bits per heavy atom. The first kappa shape index (κ1) is 18.7. The molecule has 1 aromatic rings. The molecule has 0 aliphatic carbocycles. The molecular weight excluding hydrogens is 311 g/mol. The summed E-state index contributed by atoms with van der Waals surface area (Å²) in [6, 6.07) is 8.43. The molecule has 1 aromatic carbocycles. The molecule has 0 aromatic heterocycles. The molecule has 22 heavy (non-hydrogen) atoms. The van der Waals surface area contributed by atoms with Crippen molar-refractivity contribution in [3.63, 3.8) is 0 Å². The summed E-state index contributed by atoms with van der Waals surface area (Å²) in [4.78, 5) is 13.4. The zero-order valence-corrected chi connectivity index (χ0v) is 14.3. The smallest absolute Gasteiger partial charge is 0.397 e. The van der Waals surface area contributed by atoms with Crippen LogP contribution in [0.4, 0.5) is 18.9 Å². The standard InChI is InChI=1S/C15H22F3NO2Si/c1-12(2)22(4,21-3)11-19(13-8-6-5-7-9-13)14(20)10-15(16,17)18/h5-9,12H,10-11H2,1-4H3. The van der Waals surface area contributed by atoms with E-state index in [0.29, 0.717) is 5.69 Å². The van der Waals surface area contributed by atoms with E-state index in [2.05, 4.69) is 0 Å². The predicted octanol–water partition coefficient (Wildman–Crippen LogP) is 4.14. The largest absolute Gasteiger partial charge is 0.418 e. The summed E-state index contributed by atoms with van der Waals surface area (Å²) in [5, 5.41) is 0. The van der Waals surface area contributed by atoms with Gasteiger partial charge in [0.1, 0.15) is 6.42 Å². The zero-order chi connectivity index (χ0) is 17.0. The minimum atomic E-state index is -4.52. The van der Waals surface area contributed by atoms with Crippen LogP contribution in [0.1, 0.15) is 20.3 Å². The third-order valence-corrected chi connectivity index (χ3v) is 8.20. The van der Waals surface area contributed by atoms with E-state index in [1.54, 1.807) is 37.4 Å². The molecule has 0 heterocycles. The minimum Gasteiger partial charge on any atom is -0.418 e. The van der Waals surface area contributed by atoms with Crippen LogP contribution in [0.5, 0.6) is 0 Å². The van der Waals surface area contributed by atoms with E-state index in [1.165, 1.54) is 4.90 Å². The lowest BCUT2D eigenvalue weighted by Crippen LogP contribution is -2.52. The monoisotopic (exact) mass is 333 g/mol. The topological polar surface area (TPSA) is 29.5 Å². The first-order chi connectivity index (χ1) is 10.1. The van der Waals surface area contributed by atoms with Crippen molar-refractivity contribution in [2.75, 3.05) is 18.2 Å². The number of para-hydroxylation sites is 1. The molecule has 0 aliphatic heterocycles. The number of rotatable bonds is 6. The van der Waals surface area contributed by atoms with E-state index >= 15 is 0 Å². The van der Waals surface area contributed by atoms with Gasteiger partial charge in [0, 0.05) is 19.0 Å². The van der Waals surface area contributed by atoms with E-state index in [-0.39, 0.29) is 11.7 Å². The number of benzene rings is 1. The summed E-state index contributed by atoms with van der Waals surface area (Å²) in [5.41, 5.74) is 0.635. The molecule has 0 N–H and O–H groups in total. The molecular formula is C15H22F3NO2Si. The van der Waals surface area contributed by atoms with Gasteiger partial charge in [-0.15, -0.1) is 0 Å². The molecule has 7 heteroatoms. The van der Waals surface area contributed by atoms with Gasteiger partial charge in [-0.25, -0.2) is 0 Å². The highest BCUT2D eigenvalue weighted by molar-refractivity contribution is 6.74. The maximum absolute atomic E-state index is 12.6. The Labute approximate surface area is 130 Å². The van der Waals surface area contributed by atoms with Crippen LogP contribution in [0.25, 0.3) is 0 Å². The summed E-state index contributed by atoms with van der Waals surface area (Å²) in [6.07, 6.45) is -5.79. The third kappa shape index (κ3) is 5.13. The number of nitrogens with zero attached hydrogens (tertiary/aromatic N) is 1. The van der Waals surface area contributed by atoms with E-state index in [0.717, 1.165) is 0 Å². The number of anilines is 1. The normalized spacial score (nSPS) is 14.7. The van der Waals surface area contributed by atoms with Crippen molar-refractivity contribution in [2.45, 2.75) is 38.5 Å². The molecule has 0 radical (unpaired) electrons. The zero-order valence-electron chi connectivity index (χ0n) is 13.3. The molecule has 0 bridgehead atoms. The lowest BCUT2D eigenvalue weighted by molar-refractivity contribution is -0.151. The van der Waals surface area contributed by atoms with Crippen LogP contribution in [0, 0.1) is 0 Å². The highest BCUT2D eigenvalue weighted by Gasteiger charge is 2.39. The van der Waals surface area contributed by atoms with Gasteiger partial charge in [-0.05, 0) is 24.2 Å². The van der Waals surface area contributed by atoms with Crippen molar-refractivity contribution >= 4 is 19.9 Å². The highest BCUT2D eigenvalue weighted by Crippen LogP contribution is 2.28. The predicted molar refractivity (Wildman–Crippen MR) is 83.2 cm³/mol. The average Bonchev–Trinajstić information content (AvgIpc) is 2.43. The lowest BCUT2D eigenvalue weighted by Gasteiger charge is -2.35. The number of carbonyl (C=O) groups is 1. The molecule has 0 saturated carbocycles. The van der Waals surface area contributed by atoms with Gasteiger partial charge >= 0.3 is 6.18 Å². The Hall–Kier alpha value is -1.34. The fraction of sp³-hybridized carbons (Fsp3) is 0.533. The Morgan fingerprint density at radius 1 is 1.27 bits per heavy atom. The van der Waals surface area contributed by atoms with Gasteiger partial charge in [0.05, 0.1) is 0 Å². The van der Waals surface area contributed by atoms with Crippen molar-refractivity contribution in [2.24, 2.45) is 0 Å². The molecule has 0 fully saturated rings. The second-order valence-corrected chi connectivity index (χ2v) is 10.3. The van der Waals surface area contributed by atoms with Crippen molar-refractivity contribution in [1.82, 2.24) is 0 Å². The van der Waals surface area contributed by atoms with Gasteiger partial charge in [0.15, 0.2) is 0 Å². The summed E-state index contributed by atoms with van der Waals surface area (Å²) >= 11 is 0. The minimum absolute atomic E-state index is 0.169. The van der Waals surface area contributed by atoms with E-state index in [9.17, 15) is 18.0 Å². The van der Waals surface area contributed by atoms with Crippen LogP contribution in [0.15, 0.2) is 30.3 Å². The molecule has 1 atom stereocenters. The van der Waals surface area contributed by atoms with E-state index in [1.807, 2.05) is 20.4 Å². The maximum atomic E-state index is 12.6. The van der Waals surface area contributed by atoms with Crippen LogP contribution < -0.4 is 4.90 Å². The highest BCUT2D eigenvalue weighted by atomic mass is 28.4. The van der Waals surface area contributed by atoms with Crippen LogP contribution in [-0.2, 0) is 9.22 Å². The van der Waals surface area contributed by atoms with E-state index in [4.69, 9.17) is 4.43 Å². The van der Waals surface area contributed by atoms with Crippen LogP contribution in [0.3, 0.4) is 0 Å². The molecule has 1 rings (SSSR count). The first-order valence-corrected chi connectivity index (χ1v) is 9.75. The lowest BCUT2D eigenvalue weighted by atomic mass is 10.2. The quantitative estimate of drug-likeness (QED) is 0.732. The number of halogens is 3. The first-order valence-electron chi connectivity index (χ1n) is 7.06. The molecule has 1 unspecified atom stereocenters. The fourth-order valence-electron chi connectivity index (χ4n) is 2.00. The summed E-state index contributed by atoms with van der Waals surface area (Å²) in [5.74, 6) is -0.949. The number of alkyl halides is 3. The van der Waals surface area contributed by atoms with Gasteiger partial charge < -0.3 is 9.33 Å².